The highest BCUT2D eigenvalue weighted by Crippen LogP contribution is 2.23. The summed E-state index contributed by atoms with van der Waals surface area (Å²) >= 11 is 0. The largest absolute Gasteiger partial charge is 0.497 e. The zero-order valence-corrected chi connectivity index (χ0v) is 19.8. The van der Waals surface area contributed by atoms with E-state index in [0.717, 1.165) is 30.8 Å². The van der Waals surface area contributed by atoms with Crippen molar-refractivity contribution in [1.29, 1.82) is 0 Å². The molecule has 178 valence electrons. The van der Waals surface area contributed by atoms with E-state index in [1.54, 1.807) is 7.11 Å². The van der Waals surface area contributed by atoms with Gasteiger partial charge in [-0.15, -0.1) is 0 Å². The molecule has 2 fully saturated rings. The molecule has 2 aliphatic heterocycles. The van der Waals surface area contributed by atoms with Crippen LogP contribution in [-0.2, 0) is 19.6 Å². The van der Waals surface area contributed by atoms with Crippen molar-refractivity contribution in [2.24, 2.45) is 5.92 Å². The quantitative estimate of drug-likeness (QED) is 0.708. The number of ether oxygens (including phenoxy) is 1. The summed E-state index contributed by atoms with van der Waals surface area (Å²) in [5.74, 6) is 0.495. The van der Waals surface area contributed by atoms with Crippen molar-refractivity contribution in [3.8, 4) is 5.75 Å². The molecule has 0 aromatic heterocycles. The lowest BCUT2D eigenvalue weighted by molar-refractivity contribution is -0.136. The van der Waals surface area contributed by atoms with Crippen LogP contribution in [0.3, 0.4) is 0 Å². The number of hydrogen-bond acceptors (Lipinski definition) is 6. The SMILES string of the molecule is COc1cccc(N2CCN(C(=O)C3CCCN(S(C)(=O)=O)CCC(=O)NCC3)CC2)c1. The van der Waals surface area contributed by atoms with Gasteiger partial charge in [0.25, 0.3) is 0 Å². The van der Waals surface area contributed by atoms with E-state index in [-0.39, 0.29) is 30.7 Å². The summed E-state index contributed by atoms with van der Waals surface area (Å²) in [6.07, 6.45) is 3.07. The summed E-state index contributed by atoms with van der Waals surface area (Å²) in [5.41, 5.74) is 1.08. The molecule has 0 aliphatic carbocycles. The molecular formula is C22H34N4O5S. The van der Waals surface area contributed by atoms with Crippen molar-refractivity contribution in [3.63, 3.8) is 0 Å². The minimum absolute atomic E-state index is 0.0923. The Balaban J connectivity index is 1.59. The summed E-state index contributed by atoms with van der Waals surface area (Å²) in [6, 6.07) is 7.91. The first-order valence-electron chi connectivity index (χ1n) is 11.2. The van der Waals surface area contributed by atoms with Gasteiger partial charge in [-0.25, -0.2) is 12.7 Å². The number of methoxy groups -OCH3 is 1. The van der Waals surface area contributed by atoms with Gasteiger partial charge in [0.1, 0.15) is 5.75 Å². The average Bonchev–Trinajstić information content (AvgIpc) is 2.83. The van der Waals surface area contributed by atoms with Gasteiger partial charge in [-0.05, 0) is 31.4 Å². The third-order valence-electron chi connectivity index (χ3n) is 6.19. The summed E-state index contributed by atoms with van der Waals surface area (Å²) in [6.45, 7) is 3.68. The maximum Gasteiger partial charge on any atom is 0.225 e. The third-order valence-corrected chi connectivity index (χ3v) is 7.49. The molecule has 32 heavy (non-hydrogen) atoms. The Kier molecular flexibility index (Phi) is 8.36. The lowest BCUT2D eigenvalue weighted by Gasteiger charge is -2.37. The van der Waals surface area contributed by atoms with Gasteiger partial charge < -0.3 is 19.9 Å². The third kappa shape index (κ3) is 6.59. The molecule has 1 N–H and O–H groups in total. The number of sulfonamides is 1. The zero-order valence-electron chi connectivity index (χ0n) is 19.0. The summed E-state index contributed by atoms with van der Waals surface area (Å²) < 4.78 is 30.6. The first-order valence-corrected chi connectivity index (χ1v) is 13.0. The topological polar surface area (TPSA) is 99.3 Å². The van der Waals surface area contributed by atoms with Crippen LogP contribution in [0.4, 0.5) is 5.69 Å². The van der Waals surface area contributed by atoms with Crippen LogP contribution in [0.25, 0.3) is 0 Å². The van der Waals surface area contributed by atoms with Crippen LogP contribution in [0, 0.1) is 5.92 Å². The van der Waals surface area contributed by atoms with Crippen molar-refractivity contribution in [2.75, 3.05) is 64.1 Å². The Labute approximate surface area is 190 Å². The Morgan fingerprint density at radius 1 is 1.09 bits per heavy atom. The lowest BCUT2D eigenvalue weighted by Crippen LogP contribution is -2.50. The molecule has 2 saturated heterocycles. The normalized spacial score (nSPS) is 22.1. The fourth-order valence-electron chi connectivity index (χ4n) is 4.30. The molecule has 1 aromatic rings. The van der Waals surface area contributed by atoms with Gasteiger partial charge in [-0.3, -0.25) is 9.59 Å². The van der Waals surface area contributed by atoms with E-state index in [1.165, 1.54) is 4.31 Å². The van der Waals surface area contributed by atoms with Gasteiger partial charge in [0, 0.05) is 69.9 Å². The van der Waals surface area contributed by atoms with Crippen LogP contribution in [-0.4, -0.2) is 88.6 Å². The van der Waals surface area contributed by atoms with E-state index in [1.807, 2.05) is 29.2 Å². The van der Waals surface area contributed by atoms with E-state index >= 15 is 0 Å². The fourth-order valence-corrected chi connectivity index (χ4v) is 5.18. The molecule has 2 aliphatic rings. The molecule has 1 atom stereocenters. The first kappa shape index (κ1) is 24.3. The minimum atomic E-state index is -3.38. The van der Waals surface area contributed by atoms with E-state index in [4.69, 9.17) is 4.74 Å². The number of nitrogens with one attached hydrogen (secondary N) is 1. The molecule has 1 unspecified atom stereocenters. The minimum Gasteiger partial charge on any atom is -0.497 e. The molecule has 2 amide bonds. The van der Waals surface area contributed by atoms with Crippen LogP contribution in [0.15, 0.2) is 24.3 Å². The number of carbonyl (C=O) groups excluding carboxylic acids is 2. The monoisotopic (exact) mass is 466 g/mol. The molecule has 2 heterocycles. The second kappa shape index (κ2) is 11.0. The van der Waals surface area contributed by atoms with Gasteiger partial charge >= 0.3 is 0 Å². The predicted molar refractivity (Wildman–Crippen MR) is 123 cm³/mol. The molecule has 0 radical (unpaired) electrons. The van der Waals surface area contributed by atoms with E-state index in [2.05, 4.69) is 10.2 Å². The molecule has 10 heteroatoms. The fraction of sp³-hybridized carbons (Fsp3) is 0.636. The molecular weight excluding hydrogens is 432 g/mol. The second-order valence-electron chi connectivity index (χ2n) is 8.40. The van der Waals surface area contributed by atoms with Crippen molar-refractivity contribution >= 4 is 27.5 Å². The van der Waals surface area contributed by atoms with Crippen molar-refractivity contribution in [2.45, 2.75) is 25.7 Å². The smallest absolute Gasteiger partial charge is 0.225 e. The summed E-state index contributed by atoms with van der Waals surface area (Å²) in [7, 11) is -1.73. The highest BCUT2D eigenvalue weighted by molar-refractivity contribution is 7.88. The number of anilines is 1. The standard InChI is InChI=1S/C22H34N4O5S/c1-31-20-7-3-6-19(17-20)24-13-15-25(16-14-24)22(28)18-5-4-11-26(32(2,29)30)12-9-21(27)23-10-8-18/h3,6-7,17-18H,4-5,8-16H2,1-2H3,(H,23,27). The number of benzene rings is 1. The molecule has 0 saturated carbocycles. The Bertz CT molecular complexity index is 899. The molecule has 3 rings (SSSR count). The predicted octanol–water partition coefficient (Wildman–Crippen LogP) is 0.912. The van der Waals surface area contributed by atoms with Crippen LogP contribution in [0.2, 0.25) is 0 Å². The molecule has 9 nitrogen and oxygen atoms in total. The maximum absolute atomic E-state index is 13.2. The molecule has 1 aromatic carbocycles. The first-order chi connectivity index (χ1) is 15.3. The number of rotatable bonds is 4. The Morgan fingerprint density at radius 3 is 2.53 bits per heavy atom. The van der Waals surface area contributed by atoms with E-state index in [0.29, 0.717) is 45.4 Å². The number of piperazine rings is 1. The second-order valence-corrected chi connectivity index (χ2v) is 10.4. The van der Waals surface area contributed by atoms with Crippen molar-refractivity contribution < 1.29 is 22.7 Å². The van der Waals surface area contributed by atoms with Gasteiger partial charge in [-0.1, -0.05) is 6.07 Å². The van der Waals surface area contributed by atoms with Gasteiger partial charge in [0.2, 0.25) is 21.8 Å². The number of carbonyl (C=O) groups is 2. The maximum atomic E-state index is 13.2. The highest BCUT2D eigenvalue weighted by Gasteiger charge is 2.28. The highest BCUT2D eigenvalue weighted by atomic mass is 32.2. The van der Waals surface area contributed by atoms with Crippen LogP contribution in [0.5, 0.6) is 5.75 Å². The van der Waals surface area contributed by atoms with E-state index in [9.17, 15) is 18.0 Å². The van der Waals surface area contributed by atoms with Crippen LogP contribution >= 0.6 is 0 Å². The lowest BCUT2D eigenvalue weighted by atomic mass is 9.97. The number of nitrogens with zero attached hydrogens (tertiary/aromatic N) is 3. The van der Waals surface area contributed by atoms with Gasteiger partial charge in [-0.2, -0.15) is 0 Å². The molecule has 0 spiro atoms. The van der Waals surface area contributed by atoms with Crippen LogP contribution in [0.1, 0.15) is 25.7 Å². The van der Waals surface area contributed by atoms with Gasteiger partial charge in [0.15, 0.2) is 0 Å². The average molecular weight is 467 g/mol. The van der Waals surface area contributed by atoms with Crippen molar-refractivity contribution in [1.82, 2.24) is 14.5 Å². The Hall–Kier alpha value is -2.33. The zero-order chi connectivity index (χ0) is 23.1. The van der Waals surface area contributed by atoms with Crippen LogP contribution < -0.4 is 15.0 Å². The number of amides is 2. The Morgan fingerprint density at radius 2 is 1.84 bits per heavy atom. The van der Waals surface area contributed by atoms with E-state index < -0.39 is 10.0 Å². The number of hydrogen-bond donors (Lipinski definition) is 1. The summed E-state index contributed by atoms with van der Waals surface area (Å²) in [5, 5.41) is 2.83. The summed E-state index contributed by atoms with van der Waals surface area (Å²) in [4.78, 5) is 29.4. The van der Waals surface area contributed by atoms with Gasteiger partial charge in [0.05, 0.1) is 13.4 Å². The molecule has 0 bridgehead atoms. The van der Waals surface area contributed by atoms with Crippen molar-refractivity contribution in [3.05, 3.63) is 24.3 Å².